The maximum atomic E-state index is 11.9. The van der Waals surface area contributed by atoms with Gasteiger partial charge >= 0.3 is 0 Å². The lowest BCUT2D eigenvalue weighted by Gasteiger charge is -2.07. The van der Waals surface area contributed by atoms with Crippen molar-refractivity contribution in [3.05, 3.63) is 35.9 Å². The highest BCUT2D eigenvalue weighted by Gasteiger charge is 2.18. The van der Waals surface area contributed by atoms with Crippen LogP contribution in [0.3, 0.4) is 0 Å². The minimum atomic E-state index is -0.105. The highest BCUT2D eigenvalue weighted by atomic mass is 32.1. The second kappa shape index (κ2) is 6.64. The Balaban J connectivity index is 1.53. The molecule has 0 aliphatic carbocycles. The van der Waals surface area contributed by atoms with Gasteiger partial charge in [-0.15, -0.1) is 5.10 Å². The Morgan fingerprint density at radius 2 is 2.24 bits per heavy atom. The molecule has 2 heterocycles. The van der Waals surface area contributed by atoms with E-state index in [0.29, 0.717) is 16.7 Å². The van der Waals surface area contributed by atoms with Gasteiger partial charge < -0.3 is 15.4 Å². The third kappa shape index (κ3) is 3.99. The SMILES string of the molecule is O=C(Cc1ccccc1)Nc1nnc(O[C@@H]2CCNC2)s1. The number of carbonyl (C=O) groups excluding carboxylic acids is 1. The van der Waals surface area contributed by atoms with Crippen LogP contribution in [0.2, 0.25) is 0 Å². The number of aromatic nitrogens is 2. The van der Waals surface area contributed by atoms with E-state index in [1.807, 2.05) is 30.3 Å². The Kier molecular flexibility index (Phi) is 4.42. The van der Waals surface area contributed by atoms with E-state index in [2.05, 4.69) is 20.8 Å². The molecule has 1 aliphatic heterocycles. The van der Waals surface area contributed by atoms with E-state index in [4.69, 9.17) is 4.74 Å². The van der Waals surface area contributed by atoms with Gasteiger partial charge in [0.15, 0.2) is 0 Å². The van der Waals surface area contributed by atoms with Crippen molar-refractivity contribution in [1.82, 2.24) is 15.5 Å². The molecule has 21 heavy (non-hydrogen) atoms. The Morgan fingerprint density at radius 3 is 3.00 bits per heavy atom. The van der Waals surface area contributed by atoms with E-state index in [-0.39, 0.29) is 12.0 Å². The van der Waals surface area contributed by atoms with Gasteiger partial charge in [0.2, 0.25) is 11.0 Å². The first-order chi connectivity index (χ1) is 10.3. The molecule has 1 saturated heterocycles. The molecule has 3 rings (SSSR count). The number of carbonyl (C=O) groups is 1. The zero-order valence-electron chi connectivity index (χ0n) is 11.4. The number of rotatable bonds is 5. The molecule has 2 aromatic rings. The summed E-state index contributed by atoms with van der Waals surface area (Å²) in [6.07, 6.45) is 1.43. The molecule has 1 aromatic heterocycles. The lowest BCUT2D eigenvalue weighted by Crippen LogP contribution is -2.19. The van der Waals surface area contributed by atoms with Gasteiger partial charge in [-0.2, -0.15) is 0 Å². The fourth-order valence-electron chi connectivity index (χ4n) is 2.12. The maximum Gasteiger partial charge on any atom is 0.296 e. The molecule has 0 radical (unpaired) electrons. The van der Waals surface area contributed by atoms with Crippen LogP contribution in [0.25, 0.3) is 0 Å². The number of nitrogens with one attached hydrogen (secondary N) is 2. The van der Waals surface area contributed by atoms with Crippen LogP contribution in [0, 0.1) is 0 Å². The summed E-state index contributed by atoms with van der Waals surface area (Å²) in [7, 11) is 0. The van der Waals surface area contributed by atoms with E-state index >= 15 is 0 Å². The monoisotopic (exact) mass is 304 g/mol. The van der Waals surface area contributed by atoms with Crippen LogP contribution < -0.4 is 15.4 Å². The molecule has 0 unspecified atom stereocenters. The fourth-order valence-corrected chi connectivity index (χ4v) is 2.80. The molecule has 7 heteroatoms. The number of anilines is 1. The van der Waals surface area contributed by atoms with E-state index in [1.165, 1.54) is 11.3 Å². The Hall–Kier alpha value is -1.99. The zero-order chi connectivity index (χ0) is 14.5. The molecule has 0 spiro atoms. The highest BCUT2D eigenvalue weighted by molar-refractivity contribution is 7.17. The Bertz CT molecular complexity index is 596. The molecule has 1 aromatic carbocycles. The number of hydrogen-bond donors (Lipinski definition) is 2. The van der Waals surface area contributed by atoms with Gasteiger partial charge in [-0.1, -0.05) is 35.4 Å². The topological polar surface area (TPSA) is 76.1 Å². The summed E-state index contributed by atoms with van der Waals surface area (Å²) in [6, 6.07) is 9.58. The smallest absolute Gasteiger partial charge is 0.296 e. The molecule has 1 fully saturated rings. The summed E-state index contributed by atoms with van der Waals surface area (Å²) < 4.78 is 5.69. The van der Waals surface area contributed by atoms with Crippen LogP contribution in [0.4, 0.5) is 5.13 Å². The summed E-state index contributed by atoms with van der Waals surface area (Å²) >= 11 is 1.25. The lowest BCUT2D eigenvalue weighted by molar-refractivity contribution is -0.115. The van der Waals surface area contributed by atoms with Crippen LogP contribution in [0.15, 0.2) is 30.3 Å². The number of ether oxygens (including phenoxy) is 1. The lowest BCUT2D eigenvalue weighted by atomic mass is 10.1. The normalized spacial score (nSPS) is 17.6. The molecule has 2 N–H and O–H groups in total. The van der Waals surface area contributed by atoms with Crippen LogP contribution in [-0.4, -0.2) is 35.3 Å². The number of hydrogen-bond acceptors (Lipinski definition) is 6. The van der Waals surface area contributed by atoms with Crippen molar-refractivity contribution >= 4 is 22.4 Å². The summed E-state index contributed by atoms with van der Waals surface area (Å²) in [6.45, 7) is 1.79. The zero-order valence-corrected chi connectivity index (χ0v) is 12.2. The van der Waals surface area contributed by atoms with Gasteiger partial charge in [-0.25, -0.2) is 0 Å². The number of benzene rings is 1. The van der Waals surface area contributed by atoms with Crippen molar-refractivity contribution in [2.75, 3.05) is 18.4 Å². The largest absolute Gasteiger partial charge is 0.464 e. The van der Waals surface area contributed by atoms with Crippen molar-refractivity contribution < 1.29 is 9.53 Å². The van der Waals surface area contributed by atoms with Crippen molar-refractivity contribution in [2.45, 2.75) is 18.9 Å². The van der Waals surface area contributed by atoms with Crippen molar-refractivity contribution in [3.63, 3.8) is 0 Å². The summed E-state index contributed by atoms with van der Waals surface area (Å²) in [4.78, 5) is 11.9. The molecule has 1 atom stereocenters. The van der Waals surface area contributed by atoms with E-state index < -0.39 is 0 Å². The molecule has 0 bridgehead atoms. The number of amides is 1. The van der Waals surface area contributed by atoms with Gasteiger partial charge in [0, 0.05) is 6.54 Å². The molecular weight excluding hydrogens is 288 g/mol. The second-order valence-electron chi connectivity index (χ2n) is 4.82. The van der Waals surface area contributed by atoms with Crippen LogP contribution in [-0.2, 0) is 11.2 Å². The summed E-state index contributed by atoms with van der Waals surface area (Å²) in [5.74, 6) is -0.105. The van der Waals surface area contributed by atoms with Crippen LogP contribution >= 0.6 is 11.3 Å². The fraction of sp³-hybridized carbons (Fsp3) is 0.357. The van der Waals surface area contributed by atoms with Gasteiger partial charge in [0.25, 0.3) is 5.19 Å². The Morgan fingerprint density at radius 1 is 1.38 bits per heavy atom. The first-order valence-electron chi connectivity index (χ1n) is 6.84. The number of nitrogens with zero attached hydrogens (tertiary/aromatic N) is 2. The Labute approximate surface area is 126 Å². The highest BCUT2D eigenvalue weighted by Crippen LogP contribution is 2.24. The molecule has 1 amide bonds. The predicted octanol–water partition coefficient (Wildman–Crippen LogP) is 1.46. The van der Waals surface area contributed by atoms with E-state index in [0.717, 1.165) is 25.1 Å². The van der Waals surface area contributed by atoms with E-state index in [9.17, 15) is 4.79 Å². The van der Waals surface area contributed by atoms with Gasteiger partial charge in [-0.05, 0) is 29.9 Å². The van der Waals surface area contributed by atoms with Gasteiger partial charge in [0.1, 0.15) is 6.10 Å². The molecular formula is C14H16N4O2S. The minimum absolute atomic E-state index is 0.105. The van der Waals surface area contributed by atoms with Crippen LogP contribution in [0.1, 0.15) is 12.0 Å². The first-order valence-corrected chi connectivity index (χ1v) is 7.66. The molecule has 0 saturated carbocycles. The third-order valence-electron chi connectivity index (χ3n) is 3.14. The van der Waals surface area contributed by atoms with E-state index in [1.54, 1.807) is 0 Å². The average molecular weight is 304 g/mol. The van der Waals surface area contributed by atoms with Crippen molar-refractivity contribution in [3.8, 4) is 5.19 Å². The molecule has 1 aliphatic rings. The molecule has 110 valence electrons. The van der Waals surface area contributed by atoms with Crippen LogP contribution in [0.5, 0.6) is 5.19 Å². The van der Waals surface area contributed by atoms with Crippen molar-refractivity contribution in [2.24, 2.45) is 0 Å². The third-order valence-corrected chi connectivity index (χ3v) is 3.87. The average Bonchev–Trinajstić information content (AvgIpc) is 3.13. The maximum absolute atomic E-state index is 11.9. The predicted molar refractivity (Wildman–Crippen MR) is 80.6 cm³/mol. The second-order valence-corrected chi connectivity index (χ2v) is 5.76. The summed E-state index contributed by atoms with van der Waals surface area (Å²) in [5, 5.41) is 14.8. The van der Waals surface area contributed by atoms with Crippen molar-refractivity contribution in [1.29, 1.82) is 0 Å². The first kappa shape index (κ1) is 14.0. The minimum Gasteiger partial charge on any atom is -0.464 e. The quantitative estimate of drug-likeness (QED) is 0.874. The molecule has 6 nitrogen and oxygen atoms in total. The van der Waals surface area contributed by atoms with Gasteiger partial charge in [-0.3, -0.25) is 4.79 Å². The van der Waals surface area contributed by atoms with Gasteiger partial charge in [0.05, 0.1) is 6.42 Å². The standard InChI is InChI=1S/C14H16N4O2S/c19-12(8-10-4-2-1-3-5-10)16-13-17-18-14(21-13)20-11-6-7-15-9-11/h1-5,11,15H,6-9H2,(H,16,17,19)/t11-/m1/s1. The summed E-state index contributed by atoms with van der Waals surface area (Å²) in [5.41, 5.74) is 0.966.